The molecule has 8 nitrogen and oxygen atoms in total. The van der Waals surface area contributed by atoms with Gasteiger partial charge in [0.05, 0.1) is 18.1 Å². The molecule has 0 unspecified atom stereocenters. The molecule has 134 valence electrons. The molecule has 1 fully saturated rings. The van der Waals surface area contributed by atoms with E-state index in [9.17, 15) is 14.9 Å². The number of nitro benzene ring substituents is 1. The zero-order valence-corrected chi connectivity index (χ0v) is 14.5. The third kappa shape index (κ3) is 6.93. The number of urea groups is 1. The number of nitrogens with zero attached hydrogens (tertiary/aromatic N) is 3. The van der Waals surface area contributed by atoms with Crippen molar-refractivity contribution in [3.8, 4) is 0 Å². The number of nitrogens with one attached hydrogen (secondary N) is 1. The fraction of sp³-hybridized carbons (Fsp3) is 0.562. The molecule has 1 saturated heterocycles. The number of hydrogen-bond acceptors (Lipinski definition) is 5. The van der Waals surface area contributed by atoms with Crippen molar-refractivity contribution in [2.24, 2.45) is 0 Å². The van der Waals surface area contributed by atoms with Gasteiger partial charge in [0, 0.05) is 52.4 Å². The highest BCUT2D eigenvalue weighted by Crippen LogP contribution is 2.13. The van der Waals surface area contributed by atoms with Gasteiger partial charge in [0.2, 0.25) is 0 Å². The number of carbonyl (C=O) groups excluding carboxylic acids is 1. The minimum Gasteiger partial charge on any atom is -0.379 e. The second-order valence-corrected chi connectivity index (χ2v) is 5.48. The molecule has 0 spiro atoms. The molecule has 1 N–H and O–H groups in total. The predicted molar refractivity (Wildman–Crippen MR) is 92.0 cm³/mol. The van der Waals surface area contributed by atoms with Gasteiger partial charge in [-0.3, -0.25) is 10.1 Å². The van der Waals surface area contributed by atoms with Crippen LogP contribution in [0.25, 0.3) is 0 Å². The van der Waals surface area contributed by atoms with Crippen LogP contribution in [0, 0.1) is 10.1 Å². The second-order valence-electron chi connectivity index (χ2n) is 5.48. The lowest BCUT2D eigenvalue weighted by molar-refractivity contribution is -0.384. The smallest absolute Gasteiger partial charge is 0.319 e. The lowest BCUT2D eigenvalue weighted by atomic mass is 10.2. The van der Waals surface area contributed by atoms with E-state index >= 15 is 0 Å². The van der Waals surface area contributed by atoms with Crippen LogP contribution in [0.4, 0.5) is 10.5 Å². The Kier molecular flexibility index (Phi) is 8.74. The average molecular weight is 338 g/mol. The van der Waals surface area contributed by atoms with Crippen molar-refractivity contribution in [1.82, 2.24) is 15.1 Å². The molecule has 1 heterocycles. The molecule has 0 saturated carbocycles. The van der Waals surface area contributed by atoms with Gasteiger partial charge in [-0.1, -0.05) is 12.1 Å². The van der Waals surface area contributed by atoms with E-state index < -0.39 is 4.92 Å². The quantitative estimate of drug-likeness (QED) is 0.667. The van der Waals surface area contributed by atoms with Crippen LogP contribution in [-0.2, 0) is 11.3 Å². The largest absolute Gasteiger partial charge is 0.379 e. The summed E-state index contributed by atoms with van der Waals surface area (Å²) < 4.78 is 5.01. The summed E-state index contributed by atoms with van der Waals surface area (Å²) in [5.74, 6) is 0. The standard InChI is InChI=1S/C12H17N3O3.C4H9NO/c1-4-14(12(16)13(2)3)9-10-5-7-11(8-6-10)15(17)18;1-3-6-4-2-5-1/h5-8H,4,9H2,1-3H3;5H,1-4H2. The van der Waals surface area contributed by atoms with Crippen molar-refractivity contribution in [2.75, 3.05) is 46.9 Å². The molecule has 0 bridgehead atoms. The number of ether oxygens (including phenoxy) is 1. The van der Waals surface area contributed by atoms with Crippen molar-refractivity contribution in [3.63, 3.8) is 0 Å². The first kappa shape index (κ1) is 19.9. The van der Waals surface area contributed by atoms with Gasteiger partial charge in [-0.15, -0.1) is 0 Å². The molecule has 2 amide bonds. The molecule has 8 heteroatoms. The zero-order valence-electron chi connectivity index (χ0n) is 14.5. The monoisotopic (exact) mass is 338 g/mol. The van der Waals surface area contributed by atoms with Crippen LogP contribution >= 0.6 is 0 Å². The summed E-state index contributed by atoms with van der Waals surface area (Å²) >= 11 is 0. The number of benzene rings is 1. The van der Waals surface area contributed by atoms with E-state index in [1.807, 2.05) is 6.92 Å². The van der Waals surface area contributed by atoms with Crippen LogP contribution < -0.4 is 5.32 Å². The van der Waals surface area contributed by atoms with Gasteiger partial charge in [-0.25, -0.2) is 4.79 Å². The Morgan fingerprint density at radius 2 is 1.83 bits per heavy atom. The van der Waals surface area contributed by atoms with Gasteiger partial charge in [0.25, 0.3) is 5.69 Å². The van der Waals surface area contributed by atoms with Crippen molar-refractivity contribution < 1.29 is 14.5 Å². The van der Waals surface area contributed by atoms with Crippen LogP contribution in [0.5, 0.6) is 0 Å². The maximum absolute atomic E-state index is 11.8. The summed E-state index contributed by atoms with van der Waals surface area (Å²) in [7, 11) is 3.39. The summed E-state index contributed by atoms with van der Waals surface area (Å²) in [6, 6.07) is 6.16. The van der Waals surface area contributed by atoms with Crippen LogP contribution in [0.3, 0.4) is 0 Å². The van der Waals surface area contributed by atoms with Crippen molar-refractivity contribution >= 4 is 11.7 Å². The third-order valence-electron chi connectivity index (χ3n) is 3.40. The predicted octanol–water partition coefficient (Wildman–Crippen LogP) is 1.70. The maximum Gasteiger partial charge on any atom is 0.319 e. The van der Waals surface area contributed by atoms with E-state index in [1.54, 1.807) is 31.1 Å². The highest BCUT2D eigenvalue weighted by Gasteiger charge is 2.14. The molecular weight excluding hydrogens is 312 g/mol. The summed E-state index contributed by atoms with van der Waals surface area (Å²) in [6.45, 7) is 6.77. The van der Waals surface area contributed by atoms with Gasteiger partial charge in [-0.05, 0) is 12.5 Å². The van der Waals surface area contributed by atoms with Crippen LogP contribution in [-0.4, -0.2) is 67.7 Å². The SMILES string of the molecule is C1COCCN1.CCN(Cc1ccc([N+](=O)[O-])cc1)C(=O)N(C)C. The van der Waals surface area contributed by atoms with E-state index in [2.05, 4.69) is 5.32 Å². The minimum absolute atomic E-state index is 0.0562. The molecule has 0 atom stereocenters. The zero-order chi connectivity index (χ0) is 17.9. The molecule has 1 aliphatic heterocycles. The summed E-state index contributed by atoms with van der Waals surface area (Å²) in [5.41, 5.74) is 0.929. The molecule has 1 aliphatic rings. The summed E-state index contributed by atoms with van der Waals surface area (Å²) in [6.07, 6.45) is 0. The Labute approximate surface area is 142 Å². The third-order valence-corrected chi connectivity index (χ3v) is 3.40. The molecule has 2 rings (SSSR count). The number of hydrogen-bond donors (Lipinski definition) is 1. The number of nitro groups is 1. The molecular formula is C16H26N4O4. The lowest BCUT2D eigenvalue weighted by Gasteiger charge is -2.24. The Morgan fingerprint density at radius 1 is 1.25 bits per heavy atom. The maximum atomic E-state index is 11.8. The Hall–Kier alpha value is -2.19. The van der Waals surface area contributed by atoms with E-state index in [4.69, 9.17) is 4.74 Å². The number of rotatable bonds is 4. The lowest BCUT2D eigenvalue weighted by Crippen LogP contribution is -2.38. The Morgan fingerprint density at radius 3 is 2.17 bits per heavy atom. The topological polar surface area (TPSA) is 88.0 Å². The molecule has 1 aromatic rings. The van der Waals surface area contributed by atoms with Crippen molar-refractivity contribution in [2.45, 2.75) is 13.5 Å². The summed E-state index contributed by atoms with van der Waals surface area (Å²) in [5, 5.41) is 13.7. The van der Waals surface area contributed by atoms with Crippen LogP contribution in [0.15, 0.2) is 24.3 Å². The van der Waals surface area contributed by atoms with E-state index in [1.165, 1.54) is 17.0 Å². The Bertz CT molecular complexity index is 504. The number of non-ortho nitro benzene ring substituents is 1. The van der Waals surface area contributed by atoms with E-state index in [0.717, 1.165) is 31.9 Å². The highest BCUT2D eigenvalue weighted by atomic mass is 16.6. The second kappa shape index (κ2) is 10.6. The first-order chi connectivity index (χ1) is 11.5. The molecule has 0 radical (unpaired) electrons. The van der Waals surface area contributed by atoms with E-state index in [-0.39, 0.29) is 11.7 Å². The molecule has 0 aliphatic carbocycles. The molecule has 0 aromatic heterocycles. The first-order valence-corrected chi connectivity index (χ1v) is 7.93. The van der Waals surface area contributed by atoms with Gasteiger partial charge in [0.15, 0.2) is 0 Å². The molecule has 1 aromatic carbocycles. The fourth-order valence-electron chi connectivity index (χ4n) is 2.06. The Balaban J connectivity index is 0.000000400. The molecule has 24 heavy (non-hydrogen) atoms. The van der Waals surface area contributed by atoms with Gasteiger partial charge in [-0.2, -0.15) is 0 Å². The highest BCUT2D eigenvalue weighted by molar-refractivity contribution is 5.73. The summed E-state index contributed by atoms with van der Waals surface area (Å²) in [4.78, 5) is 25.1. The van der Waals surface area contributed by atoms with E-state index in [0.29, 0.717) is 13.1 Å². The van der Waals surface area contributed by atoms with Crippen molar-refractivity contribution in [1.29, 1.82) is 0 Å². The number of morpholine rings is 1. The minimum atomic E-state index is -0.438. The number of carbonyl (C=O) groups is 1. The first-order valence-electron chi connectivity index (χ1n) is 7.93. The normalized spacial score (nSPS) is 13.5. The van der Waals surface area contributed by atoms with Crippen LogP contribution in [0.1, 0.15) is 12.5 Å². The van der Waals surface area contributed by atoms with Gasteiger partial charge in [0.1, 0.15) is 0 Å². The van der Waals surface area contributed by atoms with Crippen LogP contribution in [0.2, 0.25) is 0 Å². The average Bonchev–Trinajstić information content (AvgIpc) is 2.61. The van der Waals surface area contributed by atoms with Gasteiger partial charge < -0.3 is 19.9 Å². The fourth-order valence-corrected chi connectivity index (χ4v) is 2.06. The van der Waals surface area contributed by atoms with Crippen molar-refractivity contribution in [3.05, 3.63) is 39.9 Å². The number of amides is 2. The van der Waals surface area contributed by atoms with Gasteiger partial charge >= 0.3 is 6.03 Å².